The smallest absolute Gasteiger partial charge is 0.215 e. The molecule has 19 heavy (non-hydrogen) atoms. The van der Waals surface area contributed by atoms with Gasteiger partial charge in [-0.3, -0.25) is 0 Å². The molecule has 1 aliphatic rings. The second-order valence-electron chi connectivity index (χ2n) is 4.58. The van der Waals surface area contributed by atoms with Gasteiger partial charge in [-0.1, -0.05) is 0 Å². The second-order valence-corrected chi connectivity index (χ2v) is 8.71. The first kappa shape index (κ1) is 16.8. The molecular weight excluding hydrogens is 290 g/mol. The van der Waals surface area contributed by atoms with E-state index >= 15 is 0 Å². The van der Waals surface area contributed by atoms with E-state index in [4.69, 9.17) is 0 Å². The lowest BCUT2D eigenvalue weighted by Gasteiger charge is -2.23. The fraction of sp³-hybridized carbons (Fsp3) is 1.00. The van der Waals surface area contributed by atoms with E-state index in [1.807, 2.05) is 0 Å². The molecule has 114 valence electrons. The lowest BCUT2D eigenvalue weighted by atomic mass is 10.2. The molecule has 1 unspecified atom stereocenters. The van der Waals surface area contributed by atoms with E-state index in [0.717, 1.165) is 12.8 Å². The van der Waals surface area contributed by atoms with Gasteiger partial charge in [-0.2, -0.15) is 4.31 Å². The molecule has 0 amide bonds. The molecule has 0 bridgehead atoms. The Morgan fingerprint density at radius 3 is 2.53 bits per heavy atom. The molecular formula is C10H23N3O4S2. The number of rotatable bonds is 8. The first-order valence-electron chi connectivity index (χ1n) is 6.44. The molecule has 1 heterocycles. The van der Waals surface area contributed by atoms with Gasteiger partial charge in [-0.15, -0.1) is 0 Å². The number of sulfonamides is 2. The summed E-state index contributed by atoms with van der Waals surface area (Å²) >= 11 is 0. The summed E-state index contributed by atoms with van der Waals surface area (Å²) in [5.41, 5.74) is 0. The van der Waals surface area contributed by atoms with Gasteiger partial charge in [0.25, 0.3) is 0 Å². The fourth-order valence-corrected chi connectivity index (χ4v) is 4.54. The van der Waals surface area contributed by atoms with Gasteiger partial charge in [0, 0.05) is 25.7 Å². The highest BCUT2D eigenvalue weighted by Crippen LogP contribution is 2.20. The summed E-state index contributed by atoms with van der Waals surface area (Å²) in [6.07, 6.45) is 1.70. The van der Waals surface area contributed by atoms with Gasteiger partial charge in [0.1, 0.15) is 0 Å². The third-order valence-corrected chi connectivity index (χ3v) is 6.50. The summed E-state index contributed by atoms with van der Waals surface area (Å²) in [5.74, 6) is -0.231. The first-order chi connectivity index (χ1) is 8.82. The Bertz CT molecular complexity index is 475. The molecule has 0 aromatic carbocycles. The zero-order valence-electron chi connectivity index (χ0n) is 11.4. The van der Waals surface area contributed by atoms with Crippen LogP contribution in [0.2, 0.25) is 0 Å². The van der Waals surface area contributed by atoms with Crippen molar-refractivity contribution in [2.45, 2.75) is 25.8 Å². The molecule has 1 rings (SSSR count). The Morgan fingerprint density at radius 1 is 1.26 bits per heavy atom. The van der Waals surface area contributed by atoms with Crippen LogP contribution in [0.5, 0.6) is 0 Å². The van der Waals surface area contributed by atoms with Crippen molar-refractivity contribution in [1.82, 2.24) is 14.3 Å². The summed E-state index contributed by atoms with van der Waals surface area (Å²) in [4.78, 5) is 0. The molecule has 7 nitrogen and oxygen atoms in total. The van der Waals surface area contributed by atoms with Crippen molar-refractivity contribution in [3.8, 4) is 0 Å². The Kier molecular flexibility index (Phi) is 6.18. The predicted octanol–water partition coefficient (Wildman–Crippen LogP) is -1.06. The van der Waals surface area contributed by atoms with Crippen molar-refractivity contribution in [2.24, 2.45) is 0 Å². The molecule has 1 saturated heterocycles. The highest BCUT2D eigenvalue weighted by atomic mass is 32.2. The highest BCUT2D eigenvalue weighted by Gasteiger charge is 2.33. The molecule has 1 atom stereocenters. The zero-order valence-corrected chi connectivity index (χ0v) is 13.1. The summed E-state index contributed by atoms with van der Waals surface area (Å²) in [6.45, 7) is 2.59. The molecule has 0 saturated carbocycles. The Morgan fingerprint density at radius 2 is 1.95 bits per heavy atom. The number of hydrogen-bond acceptors (Lipinski definition) is 5. The SMILES string of the molecule is CCS(=O)(=O)NCCS(=O)(=O)N1CCCC1CNC. The van der Waals surface area contributed by atoms with Gasteiger partial charge in [-0.25, -0.2) is 21.6 Å². The average Bonchev–Trinajstić information content (AvgIpc) is 2.78. The van der Waals surface area contributed by atoms with Gasteiger partial charge in [0.2, 0.25) is 20.0 Å². The van der Waals surface area contributed by atoms with Crippen molar-refractivity contribution in [3.05, 3.63) is 0 Å². The molecule has 0 aromatic heterocycles. The maximum atomic E-state index is 12.2. The summed E-state index contributed by atoms with van der Waals surface area (Å²) < 4.78 is 50.6. The van der Waals surface area contributed by atoms with Gasteiger partial charge >= 0.3 is 0 Å². The monoisotopic (exact) mass is 313 g/mol. The summed E-state index contributed by atoms with van der Waals surface area (Å²) in [5, 5.41) is 2.98. The normalized spacial score (nSPS) is 21.9. The maximum absolute atomic E-state index is 12.2. The number of likely N-dealkylation sites (N-methyl/N-ethyl adjacent to an activating group) is 1. The van der Waals surface area contributed by atoms with Gasteiger partial charge in [-0.05, 0) is 26.8 Å². The average molecular weight is 313 g/mol. The standard InChI is InChI=1S/C10H23N3O4S2/c1-3-18(14,15)12-6-8-19(16,17)13-7-4-5-10(13)9-11-2/h10-12H,3-9H2,1-2H3. The van der Waals surface area contributed by atoms with E-state index in [-0.39, 0.29) is 24.1 Å². The van der Waals surface area contributed by atoms with Gasteiger partial charge in [0.05, 0.1) is 11.5 Å². The highest BCUT2D eigenvalue weighted by molar-refractivity contribution is 7.90. The Labute approximate surface area is 115 Å². The van der Waals surface area contributed by atoms with Crippen LogP contribution in [0, 0.1) is 0 Å². The van der Waals surface area contributed by atoms with Crippen LogP contribution in [-0.2, 0) is 20.0 Å². The van der Waals surface area contributed by atoms with E-state index in [9.17, 15) is 16.8 Å². The van der Waals surface area contributed by atoms with Crippen molar-refractivity contribution in [3.63, 3.8) is 0 Å². The first-order valence-corrected chi connectivity index (χ1v) is 9.70. The van der Waals surface area contributed by atoms with Crippen LogP contribution in [0.15, 0.2) is 0 Å². The maximum Gasteiger partial charge on any atom is 0.215 e. The van der Waals surface area contributed by atoms with E-state index < -0.39 is 20.0 Å². The lowest BCUT2D eigenvalue weighted by Crippen LogP contribution is -2.43. The fourth-order valence-electron chi connectivity index (χ4n) is 2.16. The van der Waals surface area contributed by atoms with E-state index in [1.165, 1.54) is 11.2 Å². The topological polar surface area (TPSA) is 95.6 Å². The van der Waals surface area contributed by atoms with E-state index in [1.54, 1.807) is 7.05 Å². The molecule has 0 spiro atoms. The molecule has 9 heteroatoms. The quantitative estimate of drug-likeness (QED) is 0.595. The van der Waals surface area contributed by atoms with Crippen LogP contribution in [0.3, 0.4) is 0 Å². The van der Waals surface area contributed by atoms with Crippen molar-refractivity contribution >= 4 is 20.0 Å². The Hall–Kier alpha value is -0.220. The number of nitrogens with one attached hydrogen (secondary N) is 2. The van der Waals surface area contributed by atoms with Gasteiger partial charge in [0.15, 0.2) is 0 Å². The number of nitrogens with zero attached hydrogens (tertiary/aromatic N) is 1. The molecule has 1 fully saturated rings. The minimum atomic E-state index is -3.40. The van der Waals surface area contributed by atoms with Crippen LogP contribution in [-0.4, -0.2) is 65.4 Å². The molecule has 2 N–H and O–H groups in total. The van der Waals surface area contributed by atoms with Crippen molar-refractivity contribution in [2.75, 3.05) is 38.2 Å². The van der Waals surface area contributed by atoms with E-state index in [2.05, 4.69) is 10.0 Å². The summed E-state index contributed by atoms with van der Waals surface area (Å²) in [7, 11) is -4.94. The second kappa shape index (κ2) is 6.98. The summed E-state index contributed by atoms with van der Waals surface area (Å²) in [6, 6.07) is -0.0159. The third kappa shape index (κ3) is 4.99. The third-order valence-electron chi connectivity index (χ3n) is 3.18. The molecule has 1 aliphatic heterocycles. The number of hydrogen-bond donors (Lipinski definition) is 2. The minimum absolute atomic E-state index is 0.0159. The molecule has 0 aliphatic carbocycles. The predicted molar refractivity (Wildman–Crippen MR) is 74.9 cm³/mol. The van der Waals surface area contributed by atoms with Crippen LogP contribution in [0.4, 0.5) is 0 Å². The largest absolute Gasteiger partial charge is 0.318 e. The Balaban J connectivity index is 2.56. The zero-order chi connectivity index (χ0) is 14.5. The molecule has 0 radical (unpaired) electrons. The molecule has 0 aromatic rings. The van der Waals surface area contributed by atoms with Crippen molar-refractivity contribution < 1.29 is 16.8 Å². The van der Waals surface area contributed by atoms with Gasteiger partial charge < -0.3 is 5.32 Å². The van der Waals surface area contributed by atoms with Crippen LogP contribution >= 0.6 is 0 Å². The lowest BCUT2D eigenvalue weighted by molar-refractivity contribution is 0.379. The van der Waals surface area contributed by atoms with Crippen LogP contribution in [0.1, 0.15) is 19.8 Å². The van der Waals surface area contributed by atoms with Crippen LogP contribution in [0.25, 0.3) is 0 Å². The van der Waals surface area contributed by atoms with Crippen LogP contribution < -0.4 is 10.0 Å². The van der Waals surface area contributed by atoms with E-state index in [0.29, 0.717) is 13.1 Å². The van der Waals surface area contributed by atoms with Crippen molar-refractivity contribution in [1.29, 1.82) is 0 Å². The minimum Gasteiger partial charge on any atom is -0.318 e.